The number of nitrogens with zero attached hydrogens (tertiary/aromatic N) is 3. The molecule has 1 heterocycles. The molecule has 0 unspecified atom stereocenters. The van der Waals surface area contributed by atoms with Gasteiger partial charge < -0.3 is 9.80 Å². The lowest BCUT2D eigenvalue weighted by Gasteiger charge is -2.23. The number of amides is 1. The van der Waals surface area contributed by atoms with Crippen molar-refractivity contribution in [1.29, 1.82) is 0 Å². The summed E-state index contributed by atoms with van der Waals surface area (Å²) in [6, 6.07) is 0. The smallest absolute Gasteiger partial charge is 0.276 e. The molecular weight excluding hydrogens is 342 g/mol. The summed E-state index contributed by atoms with van der Waals surface area (Å²) in [4.78, 5) is 19.8. The number of rotatable bonds is 5. The zero-order valence-electron chi connectivity index (χ0n) is 14.1. The van der Waals surface area contributed by atoms with Crippen LogP contribution in [0.25, 0.3) is 0 Å². The molecule has 4 nitrogen and oxygen atoms in total. The van der Waals surface area contributed by atoms with Gasteiger partial charge in [0.1, 0.15) is 0 Å². The number of carbonyl (C=O) groups is 1. The van der Waals surface area contributed by atoms with Gasteiger partial charge in [0.2, 0.25) is 0 Å². The number of hydrogen-bond donors (Lipinski definition) is 0. The molecule has 0 saturated carbocycles. The highest BCUT2D eigenvalue weighted by atomic mass is 79.9. The van der Waals surface area contributed by atoms with E-state index in [1.54, 1.807) is 11.1 Å². The van der Waals surface area contributed by atoms with E-state index in [1.165, 1.54) is 6.34 Å². The molecule has 0 radical (unpaired) electrons. The molecule has 0 N–H and O–H groups in total. The second kappa shape index (κ2) is 11.0. The maximum absolute atomic E-state index is 12.3. The fraction of sp³-hybridized carbons (Fsp3) is 0.412. The van der Waals surface area contributed by atoms with Gasteiger partial charge in [-0.1, -0.05) is 33.8 Å². The van der Waals surface area contributed by atoms with Gasteiger partial charge in [-0.2, -0.15) is 4.99 Å². The molecule has 0 aliphatic carbocycles. The fourth-order valence-corrected chi connectivity index (χ4v) is 2.09. The zero-order chi connectivity index (χ0) is 17.1. The Morgan fingerprint density at radius 1 is 1.41 bits per heavy atom. The summed E-state index contributed by atoms with van der Waals surface area (Å²) in [6.07, 6.45) is 10.5. The van der Waals surface area contributed by atoms with Crippen LogP contribution in [-0.4, -0.2) is 36.1 Å². The zero-order valence-corrected chi connectivity index (χ0v) is 15.7. The molecule has 0 aromatic carbocycles. The Balaban J connectivity index is 0.00000211. The molecule has 22 heavy (non-hydrogen) atoms. The lowest BCUT2D eigenvalue weighted by Crippen LogP contribution is -2.17. The first-order valence-corrected chi connectivity index (χ1v) is 8.23. The van der Waals surface area contributed by atoms with Crippen LogP contribution in [0.15, 0.2) is 51.9 Å². The van der Waals surface area contributed by atoms with Crippen LogP contribution in [0.5, 0.6) is 0 Å². The van der Waals surface area contributed by atoms with Crippen molar-refractivity contribution in [3.8, 4) is 0 Å². The van der Waals surface area contributed by atoms with E-state index in [-0.39, 0.29) is 5.91 Å². The van der Waals surface area contributed by atoms with E-state index in [0.29, 0.717) is 12.0 Å². The average molecular weight is 368 g/mol. The monoisotopic (exact) mass is 367 g/mol. The number of aliphatic imine (C=N–C) groups is 1. The Bertz CT molecular complexity index is 502. The Morgan fingerprint density at radius 2 is 2.05 bits per heavy atom. The summed E-state index contributed by atoms with van der Waals surface area (Å²) in [6.45, 7) is 9.82. The maximum Gasteiger partial charge on any atom is 0.276 e. The van der Waals surface area contributed by atoms with Gasteiger partial charge in [-0.05, 0) is 34.5 Å². The van der Waals surface area contributed by atoms with Crippen LogP contribution in [0.1, 0.15) is 33.6 Å². The van der Waals surface area contributed by atoms with Crippen LogP contribution in [0.3, 0.4) is 0 Å². The minimum absolute atomic E-state index is 0.210. The largest absolute Gasteiger partial charge is 0.369 e. The molecule has 1 rings (SSSR count). The van der Waals surface area contributed by atoms with Gasteiger partial charge in [0.05, 0.1) is 12.0 Å². The Labute approximate surface area is 142 Å². The van der Waals surface area contributed by atoms with Crippen molar-refractivity contribution < 1.29 is 4.79 Å². The van der Waals surface area contributed by atoms with E-state index in [9.17, 15) is 4.79 Å². The molecule has 0 aromatic heterocycles. The molecule has 0 spiro atoms. The van der Waals surface area contributed by atoms with E-state index >= 15 is 0 Å². The predicted octanol–water partition coefficient (Wildman–Crippen LogP) is 4.43. The summed E-state index contributed by atoms with van der Waals surface area (Å²) in [5, 5.41) is 0. The van der Waals surface area contributed by atoms with Crippen LogP contribution in [-0.2, 0) is 4.79 Å². The molecule has 122 valence electrons. The van der Waals surface area contributed by atoms with Gasteiger partial charge in [-0.25, -0.2) is 0 Å². The number of allylic oxidation sites excluding steroid dienone is 3. The molecule has 5 heteroatoms. The van der Waals surface area contributed by atoms with Crippen molar-refractivity contribution in [3.05, 3.63) is 46.9 Å². The summed E-state index contributed by atoms with van der Waals surface area (Å²) in [5.41, 5.74) is 1.52. The first-order valence-electron chi connectivity index (χ1n) is 7.44. The predicted molar refractivity (Wildman–Crippen MR) is 98.7 cm³/mol. The molecule has 0 bridgehead atoms. The lowest BCUT2D eigenvalue weighted by atomic mass is 10.1. The highest BCUT2D eigenvalue weighted by Crippen LogP contribution is 2.25. The summed E-state index contributed by atoms with van der Waals surface area (Å²) < 4.78 is 0.932. The van der Waals surface area contributed by atoms with Crippen molar-refractivity contribution in [1.82, 2.24) is 9.80 Å². The van der Waals surface area contributed by atoms with Gasteiger partial charge >= 0.3 is 0 Å². The summed E-state index contributed by atoms with van der Waals surface area (Å²) in [7, 11) is 3.67. The quantitative estimate of drug-likeness (QED) is 0.409. The minimum atomic E-state index is -0.210. The third kappa shape index (κ3) is 6.43. The SMILES string of the molecule is C=CN1C=C(Br)C=C/C1=C(/CCC)C(=O)N=CN(C)C.CC. The number of halogens is 1. The van der Waals surface area contributed by atoms with E-state index in [2.05, 4.69) is 27.5 Å². The standard InChI is InChI=1S/C15H20BrN3O.C2H6/c1-5-7-13(15(20)17-11-18(3)4)14-9-8-12(16)10-19(14)6-2;1-2/h6,8-11H,2,5,7H2,1,3-4H3;1-2H3/b14-13+,17-11?;. The normalized spacial score (nSPS) is 15.9. The van der Waals surface area contributed by atoms with E-state index in [1.807, 2.05) is 58.1 Å². The molecule has 1 amide bonds. The maximum atomic E-state index is 12.3. The molecule has 0 aromatic rings. The highest BCUT2D eigenvalue weighted by molar-refractivity contribution is 9.11. The molecule has 1 aliphatic heterocycles. The summed E-state index contributed by atoms with van der Waals surface area (Å²) in [5.74, 6) is -0.210. The van der Waals surface area contributed by atoms with Gasteiger partial charge in [0, 0.05) is 36.6 Å². The van der Waals surface area contributed by atoms with Gasteiger partial charge in [-0.3, -0.25) is 4.79 Å². The molecular formula is C17H26BrN3O. The average Bonchev–Trinajstić information content (AvgIpc) is 2.52. The van der Waals surface area contributed by atoms with Crippen molar-refractivity contribution in [2.24, 2.45) is 4.99 Å². The van der Waals surface area contributed by atoms with Crippen LogP contribution in [0, 0.1) is 0 Å². The lowest BCUT2D eigenvalue weighted by molar-refractivity contribution is -0.114. The first kappa shape index (κ1) is 20.4. The second-order valence-corrected chi connectivity index (χ2v) is 5.48. The third-order valence-electron chi connectivity index (χ3n) is 2.61. The second-order valence-electron chi connectivity index (χ2n) is 4.56. The molecule has 0 fully saturated rings. The van der Waals surface area contributed by atoms with Gasteiger partial charge in [0.25, 0.3) is 5.91 Å². The van der Waals surface area contributed by atoms with Crippen LogP contribution in [0.2, 0.25) is 0 Å². The topological polar surface area (TPSA) is 35.9 Å². The van der Waals surface area contributed by atoms with E-state index in [4.69, 9.17) is 0 Å². The highest BCUT2D eigenvalue weighted by Gasteiger charge is 2.17. The van der Waals surface area contributed by atoms with Gasteiger partial charge in [-0.15, -0.1) is 0 Å². The van der Waals surface area contributed by atoms with Crippen LogP contribution >= 0.6 is 15.9 Å². The molecule has 1 aliphatic rings. The van der Waals surface area contributed by atoms with Crippen molar-refractivity contribution >= 4 is 28.2 Å². The Hall–Kier alpha value is -1.62. The van der Waals surface area contributed by atoms with Crippen molar-refractivity contribution in [2.75, 3.05) is 14.1 Å². The molecule has 0 saturated heterocycles. The Kier molecular flexibility index (Phi) is 10.2. The fourth-order valence-electron chi connectivity index (χ4n) is 1.74. The van der Waals surface area contributed by atoms with E-state index < -0.39 is 0 Å². The Morgan fingerprint density at radius 3 is 2.55 bits per heavy atom. The first-order chi connectivity index (χ1) is 10.5. The molecule has 0 atom stereocenters. The number of carbonyl (C=O) groups excluding carboxylic acids is 1. The van der Waals surface area contributed by atoms with Crippen LogP contribution in [0.4, 0.5) is 0 Å². The van der Waals surface area contributed by atoms with Crippen molar-refractivity contribution in [2.45, 2.75) is 33.6 Å². The number of hydrogen-bond acceptors (Lipinski definition) is 2. The van der Waals surface area contributed by atoms with Crippen molar-refractivity contribution in [3.63, 3.8) is 0 Å². The minimum Gasteiger partial charge on any atom is -0.369 e. The summed E-state index contributed by atoms with van der Waals surface area (Å²) >= 11 is 3.41. The van der Waals surface area contributed by atoms with E-state index in [0.717, 1.165) is 16.6 Å². The van der Waals surface area contributed by atoms with Crippen LogP contribution < -0.4 is 0 Å². The third-order valence-corrected chi connectivity index (χ3v) is 3.08. The van der Waals surface area contributed by atoms with Gasteiger partial charge in [0.15, 0.2) is 0 Å².